The maximum atomic E-state index is 13.6. The van der Waals surface area contributed by atoms with E-state index in [2.05, 4.69) is 12.2 Å². The molecule has 0 aromatic heterocycles. The van der Waals surface area contributed by atoms with E-state index < -0.39 is 6.04 Å². The van der Waals surface area contributed by atoms with Gasteiger partial charge in [0.1, 0.15) is 6.04 Å². The Balaban J connectivity index is 1.90. The number of nitrogens with zero attached hydrogens (tertiary/aromatic N) is 1. The molecule has 2 amide bonds. The van der Waals surface area contributed by atoms with Crippen molar-refractivity contribution >= 4 is 23.4 Å². The summed E-state index contributed by atoms with van der Waals surface area (Å²) >= 11 is 6.22. The highest BCUT2D eigenvalue weighted by atomic mass is 35.5. The van der Waals surface area contributed by atoms with Crippen molar-refractivity contribution < 1.29 is 19.1 Å². The Bertz CT molecular complexity index is 1120. The van der Waals surface area contributed by atoms with Crippen molar-refractivity contribution in [2.45, 2.75) is 38.8 Å². The molecule has 0 aliphatic heterocycles. The molecule has 0 saturated heterocycles. The Morgan fingerprint density at radius 2 is 1.64 bits per heavy atom. The van der Waals surface area contributed by atoms with Crippen LogP contribution in [-0.2, 0) is 22.6 Å². The fraction of sp³-hybridized carbons (Fsp3) is 0.310. The number of benzene rings is 3. The second kappa shape index (κ2) is 14.1. The number of hydrogen-bond donors (Lipinski definition) is 1. The van der Waals surface area contributed by atoms with Gasteiger partial charge < -0.3 is 19.7 Å². The predicted molar refractivity (Wildman–Crippen MR) is 142 cm³/mol. The number of para-hydroxylation sites is 2. The molecule has 1 atom stereocenters. The van der Waals surface area contributed by atoms with Crippen LogP contribution in [0.1, 0.15) is 30.9 Å². The molecule has 3 aromatic carbocycles. The van der Waals surface area contributed by atoms with Crippen molar-refractivity contribution in [3.8, 4) is 11.5 Å². The first-order valence-electron chi connectivity index (χ1n) is 12.1. The highest BCUT2D eigenvalue weighted by Gasteiger charge is 2.30. The summed E-state index contributed by atoms with van der Waals surface area (Å²) in [5, 5.41) is 3.58. The minimum Gasteiger partial charge on any atom is -0.493 e. The summed E-state index contributed by atoms with van der Waals surface area (Å²) in [4.78, 5) is 28.6. The van der Waals surface area contributed by atoms with Gasteiger partial charge in [-0.15, -0.1) is 0 Å². The second-order valence-corrected chi connectivity index (χ2v) is 8.88. The van der Waals surface area contributed by atoms with Crippen LogP contribution < -0.4 is 14.8 Å². The maximum Gasteiger partial charge on any atom is 0.261 e. The lowest BCUT2D eigenvalue weighted by Crippen LogP contribution is -2.51. The number of halogens is 1. The molecule has 3 aromatic rings. The monoisotopic (exact) mass is 508 g/mol. The van der Waals surface area contributed by atoms with E-state index in [4.69, 9.17) is 21.1 Å². The number of unbranched alkanes of at least 4 members (excludes halogenated alkanes) is 1. The number of carbonyl (C=O) groups is 2. The van der Waals surface area contributed by atoms with E-state index in [1.54, 1.807) is 36.3 Å². The highest BCUT2D eigenvalue weighted by molar-refractivity contribution is 6.30. The lowest BCUT2D eigenvalue weighted by atomic mass is 10.0. The van der Waals surface area contributed by atoms with Crippen LogP contribution in [-0.4, -0.2) is 43.0 Å². The molecule has 0 aliphatic rings. The van der Waals surface area contributed by atoms with E-state index >= 15 is 0 Å². The summed E-state index contributed by atoms with van der Waals surface area (Å²) in [6.45, 7) is 2.59. The van der Waals surface area contributed by atoms with Gasteiger partial charge in [-0.05, 0) is 41.8 Å². The van der Waals surface area contributed by atoms with Crippen LogP contribution in [0, 0.1) is 0 Å². The molecule has 1 N–H and O–H groups in total. The summed E-state index contributed by atoms with van der Waals surface area (Å²) in [6, 6.07) is 23.4. The second-order valence-electron chi connectivity index (χ2n) is 8.44. The van der Waals surface area contributed by atoms with E-state index in [1.165, 1.54) is 0 Å². The van der Waals surface area contributed by atoms with Crippen molar-refractivity contribution in [1.29, 1.82) is 0 Å². The van der Waals surface area contributed by atoms with Gasteiger partial charge in [-0.25, -0.2) is 0 Å². The lowest BCUT2D eigenvalue weighted by molar-refractivity contribution is -0.142. The minimum atomic E-state index is -0.725. The van der Waals surface area contributed by atoms with Gasteiger partial charge in [-0.3, -0.25) is 9.59 Å². The molecule has 36 heavy (non-hydrogen) atoms. The summed E-state index contributed by atoms with van der Waals surface area (Å²) in [6.07, 6.45) is 2.20. The number of amides is 2. The molecule has 0 bridgehead atoms. The van der Waals surface area contributed by atoms with E-state index in [9.17, 15) is 9.59 Å². The summed E-state index contributed by atoms with van der Waals surface area (Å²) in [5.41, 5.74) is 1.79. The van der Waals surface area contributed by atoms with E-state index in [0.29, 0.717) is 29.5 Å². The number of ether oxygens (including phenoxy) is 2. The third-order valence-corrected chi connectivity index (χ3v) is 6.00. The van der Waals surface area contributed by atoms with Gasteiger partial charge in [-0.2, -0.15) is 0 Å². The molecule has 1 unspecified atom stereocenters. The van der Waals surface area contributed by atoms with Crippen LogP contribution >= 0.6 is 11.6 Å². The highest BCUT2D eigenvalue weighted by Crippen LogP contribution is 2.26. The number of carbonyl (C=O) groups excluding carboxylic acids is 2. The molecule has 0 radical (unpaired) electrons. The third kappa shape index (κ3) is 8.02. The molecule has 0 spiro atoms. The summed E-state index contributed by atoms with van der Waals surface area (Å²) in [5.74, 6) is 0.486. The van der Waals surface area contributed by atoms with Gasteiger partial charge in [-0.1, -0.05) is 79.5 Å². The summed E-state index contributed by atoms with van der Waals surface area (Å²) < 4.78 is 11.2. The Labute approximate surface area is 218 Å². The maximum absolute atomic E-state index is 13.6. The molecule has 6 nitrogen and oxygen atoms in total. The normalized spacial score (nSPS) is 11.4. The molecule has 190 valence electrons. The predicted octanol–water partition coefficient (Wildman–Crippen LogP) is 5.28. The Morgan fingerprint density at radius 1 is 0.944 bits per heavy atom. The molecule has 0 saturated carbocycles. The SMILES string of the molecule is CCCCNC(=O)C(Cc1ccccc1)N(Cc1cccc(Cl)c1)C(=O)COc1ccccc1OC. The van der Waals surface area contributed by atoms with E-state index in [0.717, 1.165) is 24.0 Å². The molecule has 0 aliphatic carbocycles. The largest absolute Gasteiger partial charge is 0.493 e. The van der Waals surface area contributed by atoms with Crippen molar-refractivity contribution in [2.75, 3.05) is 20.3 Å². The zero-order valence-corrected chi connectivity index (χ0v) is 21.5. The van der Waals surface area contributed by atoms with E-state index in [1.807, 2.05) is 54.6 Å². The molecular weight excluding hydrogens is 476 g/mol. The third-order valence-electron chi connectivity index (χ3n) is 5.76. The molecule has 3 rings (SSSR count). The average molecular weight is 509 g/mol. The molecular formula is C29H33ClN2O4. The quantitative estimate of drug-likeness (QED) is 0.319. The molecule has 7 heteroatoms. The van der Waals surface area contributed by atoms with Gasteiger partial charge in [0.15, 0.2) is 18.1 Å². The van der Waals surface area contributed by atoms with Crippen molar-refractivity contribution in [2.24, 2.45) is 0 Å². The van der Waals surface area contributed by atoms with Crippen molar-refractivity contribution in [3.05, 3.63) is 95.0 Å². The van der Waals surface area contributed by atoms with Gasteiger partial charge in [0.05, 0.1) is 7.11 Å². The fourth-order valence-corrected chi connectivity index (χ4v) is 4.07. The van der Waals surface area contributed by atoms with Crippen LogP contribution in [0.3, 0.4) is 0 Å². The van der Waals surface area contributed by atoms with Crippen molar-refractivity contribution in [3.63, 3.8) is 0 Å². The Kier molecular flexibility index (Phi) is 10.6. The number of hydrogen-bond acceptors (Lipinski definition) is 4. The van der Waals surface area contributed by atoms with E-state index in [-0.39, 0.29) is 25.0 Å². The lowest BCUT2D eigenvalue weighted by Gasteiger charge is -2.31. The molecule has 0 heterocycles. The van der Waals surface area contributed by atoms with Crippen LogP contribution in [0.15, 0.2) is 78.9 Å². The number of nitrogens with one attached hydrogen (secondary N) is 1. The minimum absolute atomic E-state index is 0.194. The van der Waals surface area contributed by atoms with Gasteiger partial charge in [0.25, 0.3) is 5.91 Å². The van der Waals surface area contributed by atoms with Crippen LogP contribution in [0.5, 0.6) is 11.5 Å². The Hall–Kier alpha value is -3.51. The first-order valence-corrected chi connectivity index (χ1v) is 12.5. The zero-order chi connectivity index (χ0) is 25.8. The first-order chi connectivity index (χ1) is 17.5. The number of rotatable bonds is 13. The summed E-state index contributed by atoms with van der Waals surface area (Å²) in [7, 11) is 1.55. The van der Waals surface area contributed by atoms with Crippen LogP contribution in [0.25, 0.3) is 0 Å². The topological polar surface area (TPSA) is 67.9 Å². The first kappa shape index (κ1) is 27.1. The Morgan fingerprint density at radius 3 is 2.33 bits per heavy atom. The van der Waals surface area contributed by atoms with Crippen molar-refractivity contribution in [1.82, 2.24) is 10.2 Å². The van der Waals surface area contributed by atoms with Gasteiger partial charge >= 0.3 is 0 Å². The van der Waals surface area contributed by atoms with Crippen LogP contribution in [0.2, 0.25) is 5.02 Å². The average Bonchev–Trinajstić information content (AvgIpc) is 2.90. The fourth-order valence-electron chi connectivity index (χ4n) is 3.85. The van der Waals surface area contributed by atoms with Crippen LogP contribution in [0.4, 0.5) is 0 Å². The molecule has 0 fully saturated rings. The smallest absolute Gasteiger partial charge is 0.261 e. The van der Waals surface area contributed by atoms with Gasteiger partial charge in [0, 0.05) is 24.5 Å². The number of methoxy groups -OCH3 is 1. The standard InChI is InChI=1S/C29H33ClN2O4/c1-3-4-17-31-29(34)25(19-22-11-6-5-7-12-22)32(20-23-13-10-14-24(30)18-23)28(33)21-36-27-16-9-8-15-26(27)35-2/h5-16,18,25H,3-4,17,19-21H2,1-2H3,(H,31,34). The van der Waals surface area contributed by atoms with Gasteiger partial charge in [0.2, 0.25) is 5.91 Å². The zero-order valence-electron chi connectivity index (χ0n) is 20.8.